The number of sulfone groups is 1. The van der Waals surface area contributed by atoms with E-state index >= 15 is 0 Å². The number of benzene rings is 2. The zero-order chi connectivity index (χ0) is 28.7. The van der Waals surface area contributed by atoms with Gasteiger partial charge in [-0.2, -0.15) is 0 Å². The number of hydrogen-bond donors (Lipinski definition) is 3. The van der Waals surface area contributed by atoms with Gasteiger partial charge in [-0.25, -0.2) is 8.42 Å². The van der Waals surface area contributed by atoms with E-state index in [1.807, 2.05) is 36.9 Å². The molecule has 1 saturated heterocycles. The number of amides is 2. The number of H-pyrrole nitrogens is 1. The number of carbonyl (C=O) groups is 2. The van der Waals surface area contributed by atoms with Gasteiger partial charge in [-0.15, -0.1) is 0 Å². The first-order valence-corrected chi connectivity index (χ1v) is 16.0. The van der Waals surface area contributed by atoms with E-state index in [-0.39, 0.29) is 28.5 Å². The number of nitrogens with zero attached hydrogens (tertiary/aromatic N) is 1. The Morgan fingerprint density at radius 3 is 2.61 bits per heavy atom. The number of fused-ring (bicyclic) bond motifs is 1. The molecular formula is C32H36N4O4S. The molecule has 6 rings (SSSR count). The number of hydrogen-bond acceptors (Lipinski definition) is 5. The van der Waals surface area contributed by atoms with Crippen LogP contribution < -0.4 is 10.6 Å². The van der Waals surface area contributed by atoms with Gasteiger partial charge in [0.1, 0.15) is 0 Å². The van der Waals surface area contributed by atoms with E-state index < -0.39 is 9.84 Å². The maximum atomic E-state index is 13.7. The van der Waals surface area contributed by atoms with Crippen molar-refractivity contribution in [2.75, 3.05) is 25.0 Å². The summed E-state index contributed by atoms with van der Waals surface area (Å²) in [7, 11) is -3.62. The van der Waals surface area contributed by atoms with E-state index in [9.17, 15) is 18.0 Å². The molecule has 9 heteroatoms. The minimum Gasteiger partial charge on any atom is -0.358 e. The van der Waals surface area contributed by atoms with E-state index in [2.05, 4.69) is 15.6 Å². The Labute approximate surface area is 241 Å². The number of aryl methyl sites for hydroxylation is 1. The third kappa shape index (κ3) is 5.61. The Balaban J connectivity index is 1.26. The van der Waals surface area contributed by atoms with E-state index in [1.54, 1.807) is 30.3 Å². The number of likely N-dealkylation sites (tertiary alicyclic amines) is 1. The van der Waals surface area contributed by atoms with Crippen LogP contribution in [0.5, 0.6) is 0 Å². The van der Waals surface area contributed by atoms with Crippen molar-refractivity contribution in [1.29, 1.82) is 0 Å². The summed E-state index contributed by atoms with van der Waals surface area (Å²) < 4.78 is 26.4. The van der Waals surface area contributed by atoms with Crippen LogP contribution in [0.2, 0.25) is 0 Å². The van der Waals surface area contributed by atoms with Gasteiger partial charge in [0.25, 0.3) is 11.8 Å². The van der Waals surface area contributed by atoms with E-state index in [1.165, 1.54) is 18.9 Å². The molecule has 0 radical (unpaired) electrons. The third-order valence-corrected chi connectivity index (χ3v) is 10.1. The fraction of sp³-hybridized carbons (Fsp3) is 0.375. The van der Waals surface area contributed by atoms with E-state index in [4.69, 9.17) is 0 Å². The number of anilines is 1. The highest BCUT2D eigenvalue weighted by molar-refractivity contribution is 7.90. The Morgan fingerprint density at radius 1 is 1.07 bits per heavy atom. The highest BCUT2D eigenvalue weighted by atomic mass is 32.2. The number of aromatic amines is 1. The van der Waals surface area contributed by atoms with Crippen molar-refractivity contribution in [3.63, 3.8) is 0 Å². The fourth-order valence-electron chi connectivity index (χ4n) is 6.00. The summed E-state index contributed by atoms with van der Waals surface area (Å²) in [6, 6.07) is 14.0. The second-order valence-electron chi connectivity index (χ2n) is 11.5. The summed E-state index contributed by atoms with van der Waals surface area (Å²) in [5, 5.41) is 6.40. The molecule has 1 aromatic heterocycles. The molecule has 41 heavy (non-hydrogen) atoms. The summed E-state index contributed by atoms with van der Waals surface area (Å²) >= 11 is 0. The first-order valence-electron chi connectivity index (χ1n) is 14.4. The van der Waals surface area contributed by atoms with Crippen LogP contribution in [0.3, 0.4) is 0 Å². The van der Waals surface area contributed by atoms with Crippen LogP contribution in [-0.4, -0.2) is 55.8 Å². The zero-order valence-corrected chi connectivity index (χ0v) is 24.3. The predicted octanol–water partition coefficient (Wildman–Crippen LogP) is 4.70. The lowest BCUT2D eigenvalue weighted by Crippen LogP contribution is -2.42. The summed E-state index contributed by atoms with van der Waals surface area (Å²) in [5.74, 6) is 0.380. The molecule has 3 aliphatic rings. The number of carbonyl (C=O) groups excluding carboxylic acids is 2. The van der Waals surface area contributed by atoms with Gasteiger partial charge in [0, 0.05) is 41.8 Å². The van der Waals surface area contributed by atoms with Gasteiger partial charge in [0.05, 0.1) is 21.8 Å². The van der Waals surface area contributed by atoms with Gasteiger partial charge >= 0.3 is 0 Å². The average Bonchev–Trinajstić information content (AvgIpc) is 3.44. The maximum absolute atomic E-state index is 13.7. The van der Waals surface area contributed by atoms with Crippen LogP contribution in [0, 0.1) is 19.8 Å². The molecule has 1 aliphatic carbocycles. The number of nitrogens with one attached hydrogen (secondary N) is 3. The standard InChI is InChI=1S/C32H36N4O4S/c1-20-29(34-21(2)30(20)32(38)36-14-6-9-24(36)18-33-17-22-10-11-22)16-27-26-15-25(12-13-28(26)35-31(27)37)41(39,40)19-23-7-4-3-5-8-23/h3-5,7-8,12-13,15-16,22,24,33-34H,6,9-11,14,17-19H2,1-2H3,(H,35,37)/t24-/m0/s1. The smallest absolute Gasteiger partial charge is 0.256 e. The van der Waals surface area contributed by atoms with E-state index in [0.717, 1.165) is 49.7 Å². The van der Waals surface area contributed by atoms with Gasteiger partial charge in [-0.05, 0) is 87.4 Å². The minimum absolute atomic E-state index is 0.0159. The largest absolute Gasteiger partial charge is 0.358 e. The number of aromatic nitrogens is 1. The van der Waals surface area contributed by atoms with Gasteiger partial charge in [0.2, 0.25) is 0 Å². The maximum Gasteiger partial charge on any atom is 0.256 e. The Kier molecular flexibility index (Phi) is 7.34. The van der Waals surface area contributed by atoms with E-state index in [0.29, 0.717) is 33.6 Å². The van der Waals surface area contributed by atoms with Gasteiger partial charge < -0.3 is 20.5 Å². The molecule has 0 spiro atoms. The molecule has 3 heterocycles. The molecule has 0 bridgehead atoms. The molecule has 2 aliphatic heterocycles. The van der Waals surface area contributed by atoms with Crippen molar-refractivity contribution in [2.24, 2.45) is 5.92 Å². The topological polar surface area (TPSA) is 111 Å². The predicted molar refractivity (Wildman–Crippen MR) is 160 cm³/mol. The first-order chi connectivity index (χ1) is 19.7. The van der Waals surface area contributed by atoms with Crippen LogP contribution in [-0.2, 0) is 20.4 Å². The summed E-state index contributed by atoms with van der Waals surface area (Å²) in [6.07, 6.45) is 6.32. The minimum atomic E-state index is -3.62. The van der Waals surface area contributed by atoms with Crippen LogP contribution in [0.1, 0.15) is 64.1 Å². The van der Waals surface area contributed by atoms with Crippen LogP contribution in [0.15, 0.2) is 53.4 Å². The Hall–Kier alpha value is -3.69. The van der Waals surface area contributed by atoms with Crippen molar-refractivity contribution in [3.8, 4) is 0 Å². The third-order valence-electron chi connectivity index (χ3n) is 8.46. The second-order valence-corrected chi connectivity index (χ2v) is 13.5. The molecule has 2 amide bonds. The molecular weight excluding hydrogens is 536 g/mol. The highest BCUT2D eigenvalue weighted by Gasteiger charge is 2.33. The highest BCUT2D eigenvalue weighted by Crippen LogP contribution is 2.36. The van der Waals surface area contributed by atoms with Gasteiger partial charge in [-0.3, -0.25) is 9.59 Å². The lowest BCUT2D eigenvalue weighted by Gasteiger charge is -2.25. The van der Waals surface area contributed by atoms with Crippen molar-refractivity contribution >= 4 is 39.0 Å². The zero-order valence-electron chi connectivity index (χ0n) is 23.5. The number of rotatable bonds is 9. The molecule has 8 nitrogen and oxygen atoms in total. The van der Waals surface area contributed by atoms with Gasteiger partial charge in [0.15, 0.2) is 9.84 Å². The summed E-state index contributed by atoms with van der Waals surface area (Å²) in [6.45, 7) is 6.36. The molecule has 214 valence electrons. The molecule has 0 unspecified atom stereocenters. The van der Waals surface area contributed by atoms with Crippen LogP contribution >= 0.6 is 0 Å². The summed E-state index contributed by atoms with van der Waals surface area (Å²) in [5.41, 5.74) is 5.02. The van der Waals surface area contributed by atoms with Crippen molar-refractivity contribution < 1.29 is 18.0 Å². The monoisotopic (exact) mass is 572 g/mol. The van der Waals surface area contributed by atoms with Crippen molar-refractivity contribution in [2.45, 2.75) is 56.2 Å². The molecule has 2 aromatic carbocycles. The average molecular weight is 573 g/mol. The quantitative estimate of drug-likeness (QED) is 0.322. The summed E-state index contributed by atoms with van der Waals surface area (Å²) in [4.78, 5) is 32.2. The molecule has 3 N–H and O–H groups in total. The van der Waals surface area contributed by atoms with Gasteiger partial charge in [-0.1, -0.05) is 30.3 Å². The van der Waals surface area contributed by atoms with Crippen molar-refractivity contribution in [3.05, 3.63) is 82.2 Å². The normalized spacial score (nSPS) is 19.6. The van der Waals surface area contributed by atoms with Crippen LogP contribution in [0.25, 0.3) is 11.6 Å². The lowest BCUT2D eigenvalue weighted by atomic mass is 10.0. The molecule has 2 fully saturated rings. The van der Waals surface area contributed by atoms with Crippen molar-refractivity contribution in [1.82, 2.24) is 15.2 Å². The molecule has 1 saturated carbocycles. The molecule has 3 aromatic rings. The Bertz CT molecular complexity index is 1640. The molecule has 1 atom stereocenters. The second kappa shape index (κ2) is 10.9. The fourth-order valence-corrected chi connectivity index (χ4v) is 7.37. The first kappa shape index (κ1) is 27.5. The SMILES string of the molecule is Cc1[nH]c(C=C2C(=O)Nc3ccc(S(=O)(=O)Cc4ccccc4)cc32)c(C)c1C(=O)N1CCC[C@H]1CNCC1CC1. The Morgan fingerprint density at radius 2 is 1.85 bits per heavy atom. The van der Waals surface area contributed by atoms with Crippen LogP contribution in [0.4, 0.5) is 5.69 Å². The lowest BCUT2D eigenvalue weighted by molar-refractivity contribution is -0.110.